The fourth-order valence-corrected chi connectivity index (χ4v) is 4.32. The van der Waals surface area contributed by atoms with E-state index >= 15 is 0 Å². The zero-order chi connectivity index (χ0) is 22.1. The molecule has 1 saturated heterocycles. The van der Waals surface area contributed by atoms with Crippen molar-refractivity contribution in [2.24, 2.45) is 0 Å². The van der Waals surface area contributed by atoms with Crippen molar-refractivity contribution < 1.29 is 14.0 Å². The number of hydrogen-bond donors (Lipinski definition) is 1. The predicted octanol–water partition coefficient (Wildman–Crippen LogP) is 2.43. The maximum atomic E-state index is 13.2. The molecule has 3 heterocycles. The molecular formula is C24H22FN5O2. The first-order chi connectivity index (χ1) is 15.6. The van der Waals surface area contributed by atoms with Gasteiger partial charge in [-0.1, -0.05) is 30.3 Å². The monoisotopic (exact) mass is 431 g/mol. The Hall–Kier alpha value is -3.81. The zero-order valence-corrected chi connectivity index (χ0v) is 17.4. The summed E-state index contributed by atoms with van der Waals surface area (Å²) in [5.41, 5.74) is 2.75. The smallest absolute Gasteiger partial charge is 0.272 e. The lowest BCUT2D eigenvalue weighted by molar-refractivity contribution is 0.0724. The Labute approximate surface area is 184 Å². The summed E-state index contributed by atoms with van der Waals surface area (Å²) in [5, 5.41) is 11.3. The second-order valence-electron chi connectivity index (χ2n) is 8.06. The highest BCUT2D eigenvalue weighted by Crippen LogP contribution is 2.32. The van der Waals surface area contributed by atoms with Crippen LogP contribution in [0.3, 0.4) is 0 Å². The van der Waals surface area contributed by atoms with E-state index in [0.29, 0.717) is 43.9 Å². The summed E-state index contributed by atoms with van der Waals surface area (Å²) < 4.78 is 13.2. The molecule has 1 unspecified atom stereocenters. The van der Waals surface area contributed by atoms with Crippen LogP contribution in [0.25, 0.3) is 0 Å². The summed E-state index contributed by atoms with van der Waals surface area (Å²) in [6.07, 6.45) is 0.691. The quantitative estimate of drug-likeness (QED) is 0.687. The maximum Gasteiger partial charge on any atom is 0.272 e. The Balaban J connectivity index is 1.25. The van der Waals surface area contributed by atoms with Crippen molar-refractivity contribution in [2.75, 3.05) is 24.5 Å². The highest BCUT2D eigenvalue weighted by Gasteiger charge is 2.37. The molecule has 2 aromatic carbocycles. The summed E-state index contributed by atoms with van der Waals surface area (Å²) >= 11 is 0. The third-order valence-electron chi connectivity index (χ3n) is 5.97. The van der Waals surface area contributed by atoms with E-state index in [1.54, 1.807) is 11.0 Å². The molecule has 7 nitrogen and oxygen atoms in total. The third-order valence-corrected chi connectivity index (χ3v) is 5.97. The molecule has 1 aromatic heterocycles. The van der Waals surface area contributed by atoms with Gasteiger partial charge >= 0.3 is 0 Å². The van der Waals surface area contributed by atoms with Crippen LogP contribution in [0.1, 0.15) is 32.0 Å². The first-order valence-electron chi connectivity index (χ1n) is 10.6. The van der Waals surface area contributed by atoms with Crippen LogP contribution in [0.15, 0.2) is 60.7 Å². The highest BCUT2D eigenvalue weighted by atomic mass is 19.1. The molecular weight excluding hydrogens is 409 g/mol. The van der Waals surface area contributed by atoms with E-state index in [4.69, 9.17) is 0 Å². The molecule has 2 amide bonds. The first kappa shape index (κ1) is 20.1. The van der Waals surface area contributed by atoms with Gasteiger partial charge in [0, 0.05) is 37.3 Å². The van der Waals surface area contributed by atoms with Crippen molar-refractivity contribution in [1.82, 2.24) is 20.4 Å². The number of amides is 2. The summed E-state index contributed by atoms with van der Waals surface area (Å²) in [5.74, 6) is 0.0538. The van der Waals surface area contributed by atoms with Crippen LogP contribution in [0.5, 0.6) is 0 Å². The normalized spacial score (nSPS) is 17.0. The molecule has 162 valence electrons. The van der Waals surface area contributed by atoms with Crippen LogP contribution in [-0.4, -0.2) is 52.6 Å². The van der Waals surface area contributed by atoms with E-state index in [1.165, 1.54) is 24.3 Å². The summed E-state index contributed by atoms with van der Waals surface area (Å²) in [6.45, 7) is 2.15. The number of benzene rings is 2. The van der Waals surface area contributed by atoms with E-state index in [-0.39, 0.29) is 23.7 Å². The number of carbonyl (C=O) groups is 2. The Morgan fingerprint density at radius 3 is 2.59 bits per heavy atom. The second-order valence-corrected chi connectivity index (χ2v) is 8.06. The second kappa shape index (κ2) is 8.37. The van der Waals surface area contributed by atoms with Crippen molar-refractivity contribution in [3.05, 3.63) is 88.9 Å². The minimum atomic E-state index is -0.361. The molecule has 32 heavy (non-hydrogen) atoms. The molecule has 0 saturated carbocycles. The number of hydrogen-bond acceptors (Lipinski definition) is 5. The van der Waals surface area contributed by atoms with Gasteiger partial charge in [0.05, 0.1) is 6.04 Å². The van der Waals surface area contributed by atoms with Gasteiger partial charge < -0.3 is 15.1 Å². The lowest BCUT2D eigenvalue weighted by Gasteiger charge is -2.38. The van der Waals surface area contributed by atoms with E-state index < -0.39 is 0 Å². The number of aromatic nitrogens is 2. The molecule has 8 heteroatoms. The van der Waals surface area contributed by atoms with Gasteiger partial charge in [0.25, 0.3) is 11.8 Å². The number of piperazine rings is 1. The number of anilines is 1. The van der Waals surface area contributed by atoms with E-state index in [1.807, 2.05) is 30.3 Å². The molecule has 0 radical (unpaired) electrons. The first-order valence-corrected chi connectivity index (χ1v) is 10.6. The average molecular weight is 431 g/mol. The molecule has 0 bridgehead atoms. The zero-order valence-electron chi connectivity index (χ0n) is 17.4. The minimum Gasteiger partial charge on any atom is -0.348 e. The van der Waals surface area contributed by atoms with E-state index in [9.17, 15) is 14.0 Å². The van der Waals surface area contributed by atoms with Gasteiger partial charge in [0.15, 0.2) is 11.5 Å². The standard InChI is InChI=1S/C24H22FN5O2/c25-19-8-6-17(7-9-19)24(32)29-10-11-30-20(15-29)12-18-13-21(27-28-22(18)30)23(31)26-14-16-4-2-1-3-5-16/h1-9,13,20H,10-12,14-15H2,(H,26,31). The lowest BCUT2D eigenvalue weighted by atomic mass is 10.1. The third kappa shape index (κ3) is 3.91. The molecule has 2 aliphatic heterocycles. The summed E-state index contributed by atoms with van der Waals surface area (Å²) in [4.78, 5) is 29.3. The van der Waals surface area contributed by atoms with E-state index in [2.05, 4.69) is 20.4 Å². The number of nitrogens with zero attached hydrogens (tertiary/aromatic N) is 4. The fraction of sp³-hybridized carbons (Fsp3) is 0.250. The molecule has 0 aliphatic carbocycles. The van der Waals surface area contributed by atoms with Gasteiger partial charge in [-0.15, -0.1) is 10.2 Å². The molecule has 1 atom stereocenters. The number of rotatable bonds is 4. The predicted molar refractivity (Wildman–Crippen MR) is 117 cm³/mol. The minimum absolute atomic E-state index is 0.0834. The van der Waals surface area contributed by atoms with Crippen molar-refractivity contribution in [1.29, 1.82) is 0 Å². The summed E-state index contributed by atoms with van der Waals surface area (Å²) in [6, 6.07) is 17.2. The van der Waals surface area contributed by atoms with Gasteiger partial charge in [0.1, 0.15) is 5.82 Å². The molecule has 5 rings (SSSR count). The van der Waals surface area contributed by atoms with Gasteiger partial charge in [-0.3, -0.25) is 9.59 Å². The fourth-order valence-electron chi connectivity index (χ4n) is 4.32. The van der Waals surface area contributed by atoms with Gasteiger partial charge in [-0.05, 0) is 42.3 Å². The molecule has 0 spiro atoms. The Kier molecular flexibility index (Phi) is 5.26. The Morgan fingerprint density at radius 1 is 1.03 bits per heavy atom. The summed E-state index contributed by atoms with van der Waals surface area (Å²) in [7, 11) is 0. The van der Waals surface area contributed by atoms with Gasteiger partial charge in [0.2, 0.25) is 0 Å². The van der Waals surface area contributed by atoms with Crippen LogP contribution < -0.4 is 10.2 Å². The number of nitrogens with one attached hydrogen (secondary N) is 1. The maximum absolute atomic E-state index is 13.2. The molecule has 3 aromatic rings. The van der Waals surface area contributed by atoms with Gasteiger partial charge in [-0.25, -0.2) is 4.39 Å². The SMILES string of the molecule is O=C(NCc1ccccc1)c1cc2c(nn1)N1CCN(C(=O)c3ccc(F)cc3)CC1C2. The van der Waals surface area contributed by atoms with Crippen molar-refractivity contribution in [3.8, 4) is 0 Å². The topological polar surface area (TPSA) is 78.4 Å². The average Bonchev–Trinajstić information content (AvgIpc) is 3.20. The highest BCUT2D eigenvalue weighted by molar-refractivity contribution is 5.94. The van der Waals surface area contributed by atoms with Crippen LogP contribution in [0, 0.1) is 5.82 Å². The Morgan fingerprint density at radius 2 is 1.81 bits per heavy atom. The number of halogens is 1. The van der Waals surface area contributed by atoms with Crippen LogP contribution >= 0.6 is 0 Å². The lowest BCUT2D eigenvalue weighted by Crippen LogP contribution is -2.53. The molecule has 1 N–H and O–H groups in total. The van der Waals surface area contributed by atoms with Gasteiger partial charge in [-0.2, -0.15) is 0 Å². The van der Waals surface area contributed by atoms with Crippen LogP contribution in [0.2, 0.25) is 0 Å². The molecule has 2 aliphatic rings. The number of carbonyl (C=O) groups excluding carboxylic acids is 2. The Bertz CT molecular complexity index is 1150. The van der Waals surface area contributed by atoms with Crippen molar-refractivity contribution >= 4 is 17.6 Å². The van der Waals surface area contributed by atoms with Crippen LogP contribution in [0.4, 0.5) is 10.2 Å². The van der Waals surface area contributed by atoms with Crippen LogP contribution in [-0.2, 0) is 13.0 Å². The largest absolute Gasteiger partial charge is 0.348 e. The van der Waals surface area contributed by atoms with Crippen molar-refractivity contribution in [3.63, 3.8) is 0 Å². The molecule has 1 fully saturated rings. The van der Waals surface area contributed by atoms with Crippen molar-refractivity contribution in [2.45, 2.75) is 19.0 Å². The van der Waals surface area contributed by atoms with E-state index in [0.717, 1.165) is 16.9 Å². The number of fused-ring (bicyclic) bond motifs is 3.